The zero-order valence-corrected chi connectivity index (χ0v) is 12.2. The highest BCUT2D eigenvalue weighted by Gasteiger charge is 2.56. The van der Waals surface area contributed by atoms with Gasteiger partial charge in [0.05, 0.1) is 11.5 Å². The summed E-state index contributed by atoms with van der Waals surface area (Å²) < 4.78 is 0. The number of amides is 1. The van der Waals surface area contributed by atoms with Crippen molar-refractivity contribution in [3.8, 4) is 0 Å². The average molecular weight is 279 g/mol. The van der Waals surface area contributed by atoms with Crippen molar-refractivity contribution in [2.24, 2.45) is 23.7 Å². The Hall–Kier alpha value is -1.06. The number of carboxylic acid groups (broad SMARTS) is 1. The van der Waals surface area contributed by atoms with E-state index in [4.69, 9.17) is 0 Å². The second kappa shape index (κ2) is 5.05. The van der Waals surface area contributed by atoms with Crippen molar-refractivity contribution in [2.45, 2.75) is 63.8 Å². The largest absolute Gasteiger partial charge is 0.481 e. The molecule has 3 fully saturated rings. The number of hydrogen-bond donors (Lipinski definition) is 2. The first kappa shape index (κ1) is 13.9. The smallest absolute Gasteiger partial charge is 0.308 e. The van der Waals surface area contributed by atoms with Crippen LogP contribution < -0.4 is 5.32 Å². The van der Waals surface area contributed by atoms with E-state index >= 15 is 0 Å². The number of hydrogen-bond acceptors (Lipinski definition) is 2. The minimum absolute atomic E-state index is 0.123. The van der Waals surface area contributed by atoms with Crippen molar-refractivity contribution in [1.29, 1.82) is 0 Å². The molecule has 4 heteroatoms. The predicted octanol–water partition coefficient (Wildman–Crippen LogP) is 2.57. The molecule has 0 aromatic rings. The van der Waals surface area contributed by atoms with Crippen LogP contribution in [0.4, 0.5) is 0 Å². The summed E-state index contributed by atoms with van der Waals surface area (Å²) in [7, 11) is 0. The number of fused-ring (bicyclic) bond motifs is 1. The lowest BCUT2D eigenvalue weighted by Gasteiger charge is -2.40. The molecule has 0 radical (unpaired) electrons. The molecule has 2 N–H and O–H groups in total. The highest BCUT2D eigenvalue weighted by molar-refractivity contribution is 5.84. The highest BCUT2D eigenvalue weighted by Crippen LogP contribution is 2.55. The molecule has 3 aliphatic carbocycles. The van der Waals surface area contributed by atoms with Gasteiger partial charge in [-0.25, -0.2) is 0 Å². The Morgan fingerprint density at radius 1 is 1.05 bits per heavy atom. The molecule has 4 atom stereocenters. The van der Waals surface area contributed by atoms with E-state index < -0.39 is 17.4 Å². The molecule has 0 heterocycles. The third-order valence-corrected chi connectivity index (χ3v) is 5.87. The van der Waals surface area contributed by atoms with Crippen molar-refractivity contribution >= 4 is 11.9 Å². The third-order valence-electron chi connectivity index (χ3n) is 5.87. The maximum atomic E-state index is 12.5. The molecule has 20 heavy (non-hydrogen) atoms. The zero-order valence-electron chi connectivity index (χ0n) is 12.2. The number of carboxylic acids is 1. The molecule has 3 aliphatic rings. The molecule has 112 valence electrons. The van der Waals surface area contributed by atoms with Crippen LogP contribution in [0.2, 0.25) is 0 Å². The normalized spacial score (nSPS) is 43.5. The van der Waals surface area contributed by atoms with Crippen molar-refractivity contribution in [3.05, 3.63) is 0 Å². The van der Waals surface area contributed by atoms with Crippen LogP contribution in [0.1, 0.15) is 58.3 Å². The van der Waals surface area contributed by atoms with E-state index in [9.17, 15) is 14.7 Å². The molecule has 4 unspecified atom stereocenters. The van der Waals surface area contributed by atoms with Crippen molar-refractivity contribution in [2.75, 3.05) is 0 Å². The van der Waals surface area contributed by atoms with E-state index in [-0.39, 0.29) is 11.8 Å². The molecule has 0 bridgehead atoms. The van der Waals surface area contributed by atoms with E-state index in [1.807, 2.05) is 6.92 Å². The molecule has 0 aliphatic heterocycles. The number of rotatable bonds is 3. The molecule has 0 saturated heterocycles. The van der Waals surface area contributed by atoms with Crippen LogP contribution in [0.15, 0.2) is 0 Å². The number of nitrogens with one attached hydrogen (secondary N) is 1. The molecule has 1 amide bonds. The fourth-order valence-electron chi connectivity index (χ4n) is 4.63. The van der Waals surface area contributed by atoms with E-state index in [0.29, 0.717) is 18.3 Å². The molecule has 0 aromatic heterocycles. The maximum absolute atomic E-state index is 12.5. The van der Waals surface area contributed by atoms with Gasteiger partial charge in [0, 0.05) is 5.92 Å². The Kier molecular flexibility index (Phi) is 3.51. The van der Waals surface area contributed by atoms with Crippen LogP contribution in [0, 0.1) is 23.7 Å². The summed E-state index contributed by atoms with van der Waals surface area (Å²) in [5, 5.41) is 12.5. The van der Waals surface area contributed by atoms with Gasteiger partial charge in [-0.05, 0) is 44.4 Å². The Bertz CT molecular complexity index is 410. The van der Waals surface area contributed by atoms with Crippen LogP contribution in [0.5, 0.6) is 0 Å². The Labute approximate surface area is 120 Å². The van der Waals surface area contributed by atoms with Gasteiger partial charge in [0.2, 0.25) is 5.91 Å². The fraction of sp³-hybridized carbons (Fsp3) is 0.875. The summed E-state index contributed by atoms with van der Waals surface area (Å²) >= 11 is 0. The monoisotopic (exact) mass is 279 g/mol. The third kappa shape index (κ3) is 2.33. The first-order valence-corrected chi connectivity index (χ1v) is 8.08. The molecular formula is C16H25NO3. The van der Waals surface area contributed by atoms with Gasteiger partial charge in [-0.3, -0.25) is 9.59 Å². The maximum Gasteiger partial charge on any atom is 0.308 e. The van der Waals surface area contributed by atoms with Gasteiger partial charge in [0.25, 0.3) is 0 Å². The number of carbonyl (C=O) groups is 2. The van der Waals surface area contributed by atoms with Crippen LogP contribution in [-0.2, 0) is 9.59 Å². The lowest BCUT2D eigenvalue weighted by atomic mass is 9.73. The summed E-state index contributed by atoms with van der Waals surface area (Å²) in [5.74, 6) is 0.267. The van der Waals surface area contributed by atoms with Crippen LogP contribution in [0.25, 0.3) is 0 Å². The molecule has 3 rings (SSSR count). The van der Waals surface area contributed by atoms with Gasteiger partial charge in [0.1, 0.15) is 0 Å². The first-order valence-electron chi connectivity index (χ1n) is 8.08. The second-order valence-electron chi connectivity index (χ2n) is 7.18. The van der Waals surface area contributed by atoms with Gasteiger partial charge in [-0.2, -0.15) is 0 Å². The molecule has 0 aromatic carbocycles. The molecular weight excluding hydrogens is 254 g/mol. The SMILES string of the molecule is CC1(NC(=O)C2C3CCCCC32)CCCCC1C(=O)O. The van der Waals surface area contributed by atoms with Gasteiger partial charge in [-0.1, -0.05) is 25.7 Å². The Morgan fingerprint density at radius 2 is 1.65 bits per heavy atom. The minimum atomic E-state index is -0.763. The fourth-order valence-corrected chi connectivity index (χ4v) is 4.63. The Morgan fingerprint density at radius 3 is 2.25 bits per heavy atom. The zero-order chi connectivity index (χ0) is 14.3. The predicted molar refractivity (Wildman–Crippen MR) is 75.1 cm³/mol. The summed E-state index contributed by atoms with van der Waals surface area (Å²) in [6, 6.07) is 0. The van der Waals surface area contributed by atoms with Crippen molar-refractivity contribution in [1.82, 2.24) is 5.32 Å². The average Bonchev–Trinajstić information content (AvgIpc) is 3.12. The standard InChI is InChI=1S/C16H25NO3/c1-16(9-5-4-8-12(16)15(19)20)17-14(18)13-10-6-2-3-7-11(10)13/h10-13H,2-9H2,1H3,(H,17,18)(H,19,20). The number of carbonyl (C=O) groups excluding carboxylic acids is 1. The van der Waals surface area contributed by atoms with E-state index in [1.165, 1.54) is 25.7 Å². The molecule has 3 saturated carbocycles. The van der Waals surface area contributed by atoms with Gasteiger partial charge >= 0.3 is 5.97 Å². The van der Waals surface area contributed by atoms with E-state index in [2.05, 4.69) is 5.32 Å². The van der Waals surface area contributed by atoms with Crippen LogP contribution in [0.3, 0.4) is 0 Å². The summed E-state index contributed by atoms with van der Waals surface area (Å²) in [4.78, 5) is 23.9. The summed E-state index contributed by atoms with van der Waals surface area (Å²) in [5.41, 5.74) is -0.549. The minimum Gasteiger partial charge on any atom is -0.481 e. The van der Waals surface area contributed by atoms with Gasteiger partial charge in [-0.15, -0.1) is 0 Å². The first-order chi connectivity index (χ1) is 9.53. The molecule has 0 spiro atoms. The van der Waals surface area contributed by atoms with Crippen molar-refractivity contribution in [3.63, 3.8) is 0 Å². The highest BCUT2D eigenvalue weighted by atomic mass is 16.4. The molecule has 4 nitrogen and oxygen atoms in total. The second-order valence-corrected chi connectivity index (χ2v) is 7.18. The summed E-state index contributed by atoms with van der Waals surface area (Å²) in [6.07, 6.45) is 8.31. The van der Waals surface area contributed by atoms with Gasteiger partial charge in [0.15, 0.2) is 0 Å². The summed E-state index contributed by atoms with van der Waals surface area (Å²) in [6.45, 7) is 1.93. The lowest BCUT2D eigenvalue weighted by Crippen LogP contribution is -2.56. The Balaban J connectivity index is 1.66. The topological polar surface area (TPSA) is 66.4 Å². The van der Waals surface area contributed by atoms with Gasteiger partial charge < -0.3 is 10.4 Å². The number of aliphatic carboxylic acids is 1. The quantitative estimate of drug-likeness (QED) is 0.834. The van der Waals surface area contributed by atoms with Crippen LogP contribution in [-0.4, -0.2) is 22.5 Å². The van der Waals surface area contributed by atoms with Crippen LogP contribution >= 0.6 is 0 Å². The lowest BCUT2D eigenvalue weighted by molar-refractivity contribution is -0.146. The van der Waals surface area contributed by atoms with Crippen molar-refractivity contribution < 1.29 is 14.7 Å². The van der Waals surface area contributed by atoms with E-state index in [1.54, 1.807) is 0 Å². The van der Waals surface area contributed by atoms with E-state index in [0.717, 1.165) is 19.3 Å².